The van der Waals surface area contributed by atoms with Gasteiger partial charge in [-0.2, -0.15) is 0 Å². The van der Waals surface area contributed by atoms with Crippen LogP contribution in [0.5, 0.6) is 5.75 Å². The Morgan fingerprint density at radius 3 is 2.75 bits per heavy atom. The van der Waals surface area contributed by atoms with Gasteiger partial charge in [0.05, 0.1) is 23.2 Å². The number of rotatable bonds is 7. The summed E-state index contributed by atoms with van der Waals surface area (Å²) in [5.41, 5.74) is 6.24. The fourth-order valence-corrected chi connectivity index (χ4v) is 5.47. The lowest BCUT2D eigenvalue weighted by atomic mass is 9.86. The van der Waals surface area contributed by atoms with Crippen LogP contribution in [-0.2, 0) is 16.0 Å². The van der Waals surface area contributed by atoms with Crippen LogP contribution in [0, 0.1) is 13.8 Å². The van der Waals surface area contributed by atoms with Crippen molar-refractivity contribution in [2.24, 2.45) is 0 Å². The molecule has 0 fully saturated rings. The molecule has 1 aliphatic heterocycles. The summed E-state index contributed by atoms with van der Waals surface area (Å²) < 4.78 is 12.3. The van der Waals surface area contributed by atoms with E-state index < -0.39 is 17.7 Å². The normalized spacial score (nSPS) is 14.1. The standard InChI is InChI=1S/C30H32N2O4/c1-6-13-30(4,5)36-28(29(33)34)24-17(2)16-22-20(8-7-18(3)32-22)26(24)21-9-10-23-25-19(12-15-35-23)11-14-31-27(21)25/h7-11,14,16,28H,6,12-13,15H2,1-5H3,(H,33,34)/t28-/m0/s1. The molecule has 1 aliphatic rings. The number of benzene rings is 2. The number of hydrogen-bond donors (Lipinski definition) is 1. The van der Waals surface area contributed by atoms with Crippen LogP contribution >= 0.6 is 0 Å². The Morgan fingerprint density at radius 1 is 1.19 bits per heavy atom. The van der Waals surface area contributed by atoms with E-state index >= 15 is 0 Å². The number of carboxylic acids is 1. The molecule has 4 aromatic rings. The molecule has 1 atom stereocenters. The van der Waals surface area contributed by atoms with Gasteiger partial charge in [0.2, 0.25) is 0 Å². The van der Waals surface area contributed by atoms with Crippen LogP contribution in [0.25, 0.3) is 32.9 Å². The Hall–Kier alpha value is -3.51. The zero-order valence-electron chi connectivity index (χ0n) is 21.5. The van der Waals surface area contributed by atoms with Crippen LogP contribution in [0.4, 0.5) is 0 Å². The highest BCUT2D eigenvalue weighted by Crippen LogP contribution is 2.45. The molecule has 5 rings (SSSR count). The molecule has 1 N–H and O–H groups in total. The quantitative estimate of drug-likeness (QED) is 0.313. The number of aryl methyl sites for hydroxylation is 2. The number of aromatic nitrogens is 2. The molecule has 36 heavy (non-hydrogen) atoms. The first kappa shape index (κ1) is 24.2. The molecule has 0 unspecified atom stereocenters. The molecule has 2 aromatic heterocycles. The van der Waals surface area contributed by atoms with Gasteiger partial charge in [-0.3, -0.25) is 9.97 Å². The van der Waals surface area contributed by atoms with Gasteiger partial charge in [-0.1, -0.05) is 19.4 Å². The highest BCUT2D eigenvalue weighted by molar-refractivity contribution is 6.08. The summed E-state index contributed by atoms with van der Waals surface area (Å²) in [5, 5.41) is 12.3. The van der Waals surface area contributed by atoms with E-state index in [0.717, 1.165) is 69.2 Å². The molecule has 2 aromatic carbocycles. The number of aliphatic carboxylic acids is 1. The predicted molar refractivity (Wildman–Crippen MR) is 142 cm³/mol. The first-order chi connectivity index (χ1) is 17.2. The van der Waals surface area contributed by atoms with Crippen molar-refractivity contribution in [2.75, 3.05) is 6.61 Å². The minimum atomic E-state index is -1.14. The molecule has 0 radical (unpaired) electrons. The van der Waals surface area contributed by atoms with Gasteiger partial charge in [-0.15, -0.1) is 0 Å². The first-order valence-corrected chi connectivity index (χ1v) is 12.6. The van der Waals surface area contributed by atoms with Gasteiger partial charge in [-0.05, 0) is 81.1 Å². The lowest BCUT2D eigenvalue weighted by Crippen LogP contribution is -2.31. The van der Waals surface area contributed by atoms with Crippen LogP contribution < -0.4 is 4.74 Å². The SMILES string of the molecule is CCCC(C)(C)O[C@H](C(=O)O)c1c(C)cc2nc(C)ccc2c1-c1ccc2c3c(ccnc13)CCO2. The highest BCUT2D eigenvalue weighted by atomic mass is 16.5. The van der Waals surface area contributed by atoms with Gasteiger partial charge < -0.3 is 14.6 Å². The molecule has 0 bridgehead atoms. The van der Waals surface area contributed by atoms with Crippen molar-refractivity contribution in [2.45, 2.75) is 65.6 Å². The first-order valence-electron chi connectivity index (χ1n) is 12.6. The second-order valence-electron chi connectivity index (χ2n) is 10.3. The Labute approximate surface area is 211 Å². The third kappa shape index (κ3) is 4.20. The number of hydrogen-bond acceptors (Lipinski definition) is 5. The van der Waals surface area contributed by atoms with Gasteiger partial charge in [0, 0.05) is 40.2 Å². The van der Waals surface area contributed by atoms with E-state index in [4.69, 9.17) is 19.4 Å². The van der Waals surface area contributed by atoms with E-state index in [1.807, 2.05) is 70.3 Å². The monoisotopic (exact) mass is 484 g/mol. The summed E-state index contributed by atoms with van der Waals surface area (Å²) in [6.07, 6.45) is 3.13. The van der Waals surface area contributed by atoms with Crippen LogP contribution in [-0.4, -0.2) is 33.3 Å². The fraction of sp³-hybridized carbons (Fsp3) is 0.367. The molecule has 186 valence electrons. The molecule has 3 heterocycles. The fourth-order valence-electron chi connectivity index (χ4n) is 5.47. The maximum atomic E-state index is 12.8. The van der Waals surface area contributed by atoms with Gasteiger partial charge >= 0.3 is 5.97 Å². The van der Waals surface area contributed by atoms with Crippen molar-refractivity contribution in [1.29, 1.82) is 0 Å². The average molecular weight is 485 g/mol. The van der Waals surface area contributed by atoms with E-state index in [0.29, 0.717) is 12.2 Å². The van der Waals surface area contributed by atoms with E-state index in [2.05, 4.69) is 6.92 Å². The Kier molecular flexibility index (Phi) is 6.17. The molecule has 6 nitrogen and oxygen atoms in total. The van der Waals surface area contributed by atoms with Crippen molar-refractivity contribution >= 4 is 27.8 Å². The minimum Gasteiger partial charge on any atom is -0.493 e. The molecule has 0 amide bonds. The lowest BCUT2D eigenvalue weighted by molar-refractivity contribution is -0.163. The number of carboxylic acid groups (broad SMARTS) is 1. The predicted octanol–water partition coefficient (Wildman–Crippen LogP) is 6.72. The molecule has 0 saturated carbocycles. The minimum absolute atomic E-state index is 0.603. The van der Waals surface area contributed by atoms with Gasteiger partial charge in [0.15, 0.2) is 6.10 Å². The number of ether oxygens (including phenoxy) is 2. The second-order valence-corrected chi connectivity index (χ2v) is 10.3. The largest absolute Gasteiger partial charge is 0.493 e. The summed E-state index contributed by atoms with van der Waals surface area (Å²) >= 11 is 0. The van der Waals surface area contributed by atoms with E-state index in [-0.39, 0.29) is 0 Å². The van der Waals surface area contributed by atoms with Gasteiger partial charge in [0.25, 0.3) is 0 Å². The number of nitrogens with zero attached hydrogens (tertiary/aromatic N) is 2. The van der Waals surface area contributed by atoms with Gasteiger partial charge in [-0.25, -0.2) is 4.79 Å². The molecule has 6 heteroatoms. The van der Waals surface area contributed by atoms with E-state index in [1.54, 1.807) is 0 Å². The number of pyridine rings is 2. The maximum Gasteiger partial charge on any atom is 0.337 e. The molecule has 0 aliphatic carbocycles. The zero-order valence-corrected chi connectivity index (χ0v) is 21.5. The van der Waals surface area contributed by atoms with Crippen LogP contribution in [0.1, 0.15) is 62.1 Å². The Morgan fingerprint density at radius 2 is 2.00 bits per heavy atom. The second kappa shape index (κ2) is 9.17. The lowest BCUT2D eigenvalue weighted by Gasteiger charge is -2.31. The van der Waals surface area contributed by atoms with Crippen LogP contribution in [0.15, 0.2) is 42.6 Å². The summed E-state index contributed by atoms with van der Waals surface area (Å²) in [6, 6.07) is 12.0. The topological polar surface area (TPSA) is 81.5 Å². The molecule has 0 spiro atoms. The smallest absolute Gasteiger partial charge is 0.337 e. The molecular weight excluding hydrogens is 452 g/mol. The number of fused-ring (bicyclic) bond motifs is 1. The van der Waals surface area contributed by atoms with Crippen LogP contribution in [0.3, 0.4) is 0 Å². The summed E-state index contributed by atoms with van der Waals surface area (Å²) in [4.78, 5) is 22.3. The van der Waals surface area contributed by atoms with Crippen molar-refractivity contribution in [3.05, 3.63) is 65.0 Å². The van der Waals surface area contributed by atoms with Crippen molar-refractivity contribution in [3.8, 4) is 16.9 Å². The summed E-state index contributed by atoms with van der Waals surface area (Å²) in [6.45, 7) is 10.5. The van der Waals surface area contributed by atoms with E-state index in [9.17, 15) is 9.90 Å². The van der Waals surface area contributed by atoms with E-state index in [1.165, 1.54) is 5.56 Å². The molecule has 0 saturated heterocycles. The van der Waals surface area contributed by atoms with Crippen molar-refractivity contribution < 1.29 is 19.4 Å². The Bertz CT molecular complexity index is 1480. The summed E-state index contributed by atoms with van der Waals surface area (Å²) in [5.74, 6) is -0.201. The Balaban J connectivity index is 1.86. The average Bonchev–Trinajstić information content (AvgIpc) is 2.82. The van der Waals surface area contributed by atoms with Crippen molar-refractivity contribution in [1.82, 2.24) is 9.97 Å². The maximum absolute atomic E-state index is 12.8. The van der Waals surface area contributed by atoms with Crippen molar-refractivity contribution in [3.63, 3.8) is 0 Å². The third-order valence-corrected chi connectivity index (χ3v) is 6.99. The third-order valence-electron chi connectivity index (χ3n) is 6.99. The van der Waals surface area contributed by atoms with Crippen LogP contribution in [0.2, 0.25) is 0 Å². The van der Waals surface area contributed by atoms with Gasteiger partial charge in [0.1, 0.15) is 5.75 Å². The zero-order chi connectivity index (χ0) is 25.6. The number of carbonyl (C=O) groups is 1. The highest BCUT2D eigenvalue weighted by Gasteiger charge is 2.34. The summed E-state index contributed by atoms with van der Waals surface area (Å²) in [7, 11) is 0. The molecular formula is C30H32N2O4.